The number of nitrogens with zero attached hydrogens (tertiary/aromatic N) is 3. The second-order valence-corrected chi connectivity index (χ2v) is 4.18. The Morgan fingerprint density at radius 3 is 2.50 bits per heavy atom. The van der Waals surface area contributed by atoms with Crippen molar-refractivity contribution in [3.63, 3.8) is 0 Å². The van der Waals surface area contributed by atoms with Crippen molar-refractivity contribution in [2.24, 2.45) is 0 Å². The number of aromatic nitrogens is 2. The quantitative estimate of drug-likeness (QED) is 0.716. The summed E-state index contributed by atoms with van der Waals surface area (Å²) in [6, 6.07) is 1.85. The van der Waals surface area contributed by atoms with E-state index in [1.165, 1.54) is 0 Å². The van der Waals surface area contributed by atoms with E-state index in [9.17, 15) is 0 Å². The van der Waals surface area contributed by atoms with Crippen LogP contribution in [-0.2, 0) is 6.42 Å². The fraction of sp³-hybridized carbons (Fsp3) is 0.667. The summed E-state index contributed by atoms with van der Waals surface area (Å²) in [7, 11) is 0. The van der Waals surface area contributed by atoms with Gasteiger partial charge in [0.15, 0.2) is 0 Å². The largest absolute Gasteiger partial charge is 0.357 e. The molecule has 1 aromatic heterocycles. The van der Waals surface area contributed by atoms with Gasteiger partial charge in [0.25, 0.3) is 0 Å². The summed E-state index contributed by atoms with van der Waals surface area (Å²) in [6.07, 6.45) is 3.04. The summed E-state index contributed by atoms with van der Waals surface area (Å²) < 4.78 is 0. The molecular weight excluding hydrogens is 222 g/mol. The van der Waals surface area contributed by atoms with Crippen LogP contribution in [0.5, 0.6) is 0 Å². The van der Waals surface area contributed by atoms with Crippen LogP contribution >= 0.6 is 11.6 Å². The highest BCUT2D eigenvalue weighted by atomic mass is 35.5. The molecule has 0 radical (unpaired) electrons. The standard InChI is InChI=1S/C12H20ClN3/c1-4-7-11-14-10(13)9-12(15-11)16(6-3)8-5-2/h9H,4-8H2,1-3H3. The van der Waals surface area contributed by atoms with Crippen molar-refractivity contribution in [2.45, 2.75) is 40.0 Å². The van der Waals surface area contributed by atoms with Crippen molar-refractivity contribution in [2.75, 3.05) is 18.0 Å². The molecule has 1 aromatic rings. The zero-order chi connectivity index (χ0) is 12.0. The minimum Gasteiger partial charge on any atom is -0.357 e. The second-order valence-electron chi connectivity index (χ2n) is 3.79. The fourth-order valence-electron chi connectivity index (χ4n) is 1.65. The van der Waals surface area contributed by atoms with Crippen molar-refractivity contribution in [3.05, 3.63) is 17.0 Å². The zero-order valence-corrected chi connectivity index (χ0v) is 11.1. The summed E-state index contributed by atoms with van der Waals surface area (Å²) in [6.45, 7) is 8.37. The first kappa shape index (κ1) is 13.2. The molecule has 0 fully saturated rings. The van der Waals surface area contributed by atoms with Crippen molar-refractivity contribution in [3.8, 4) is 0 Å². The van der Waals surface area contributed by atoms with E-state index in [1.54, 1.807) is 0 Å². The lowest BCUT2D eigenvalue weighted by molar-refractivity contribution is 0.759. The van der Waals surface area contributed by atoms with Gasteiger partial charge >= 0.3 is 0 Å². The maximum Gasteiger partial charge on any atom is 0.134 e. The molecule has 0 saturated carbocycles. The smallest absolute Gasteiger partial charge is 0.134 e. The third kappa shape index (κ3) is 3.63. The molecule has 90 valence electrons. The minimum atomic E-state index is 0.544. The first-order valence-corrected chi connectivity index (χ1v) is 6.37. The SMILES string of the molecule is CCCc1nc(Cl)cc(N(CC)CCC)n1. The minimum absolute atomic E-state index is 0.544. The van der Waals surface area contributed by atoms with Crippen molar-refractivity contribution in [1.82, 2.24) is 9.97 Å². The molecule has 0 bridgehead atoms. The van der Waals surface area contributed by atoms with Crippen molar-refractivity contribution < 1.29 is 0 Å². The van der Waals surface area contributed by atoms with Crippen LogP contribution in [0.15, 0.2) is 6.07 Å². The summed E-state index contributed by atoms with van der Waals surface area (Å²) in [5, 5.41) is 0.544. The Hall–Kier alpha value is -0.830. The lowest BCUT2D eigenvalue weighted by Crippen LogP contribution is -2.25. The molecule has 0 spiro atoms. The molecule has 0 aliphatic rings. The summed E-state index contributed by atoms with van der Waals surface area (Å²) in [5.74, 6) is 1.80. The molecular formula is C12H20ClN3. The van der Waals surface area contributed by atoms with E-state index in [1.807, 2.05) is 6.07 Å². The third-order valence-corrected chi connectivity index (χ3v) is 2.59. The third-order valence-electron chi connectivity index (χ3n) is 2.40. The van der Waals surface area contributed by atoms with E-state index in [2.05, 4.69) is 35.6 Å². The van der Waals surface area contributed by atoms with Crippen LogP contribution in [0.4, 0.5) is 5.82 Å². The van der Waals surface area contributed by atoms with Gasteiger partial charge < -0.3 is 4.90 Å². The number of hydrogen-bond donors (Lipinski definition) is 0. The summed E-state index contributed by atoms with van der Waals surface area (Å²) >= 11 is 6.01. The number of halogens is 1. The molecule has 0 aromatic carbocycles. The molecule has 0 amide bonds. The topological polar surface area (TPSA) is 29.0 Å². The Bertz CT molecular complexity index is 328. The summed E-state index contributed by atoms with van der Waals surface area (Å²) in [4.78, 5) is 11.0. The van der Waals surface area contributed by atoms with Gasteiger partial charge in [-0.2, -0.15) is 0 Å². The van der Waals surface area contributed by atoms with Gasteiger partial charge in [-0.3, -0.25) is 0 Å². The Morgan fingerprint density at radius 1 is 1.19 bits per heavy atom. The van der Waals surface area contributed by atoms with E-state index in [0.29, 0.717) is 5.15 Å². The number of hydrogen-bond acceptors (Lipinski definition) is 3. The number of rotatable bonds is 6. The van der Waals surface area contributed by atoms with Gasteiger partial charge in [0.05, 0.1) is 0 Å². The van der Waals surface area contributed by atoms with Crippen molar-refractivity contribution in [1.29, 1.82) is 0 Å². The Morgan fingerprint density at radius 2 is 1.94 bits per heavy atom. The van der Waals surface area contributed by atoms with Gasteiger partial charge in [-0.15, -0.1) is 0 Å². The number of anilines is 1. The Kier molecular flexibility index (Phi) is 5.53. The fourth-order valence-corrected chi connectivity index (χ4v) is 1.85. The van der Waals surface area contributed by atoms with Crippen LogP contribution in [0.25, 0.3) is 0 Å². The summed E-state index contributed by atoms with van der Waals surface area (Å²) in [5.41, 5.74) is 0. The van der Waals surface area contributed by atoms with Crippen LogP contribution in [0.3, 0.4) is 0 Å². The van der Waals surface area contributed by atoms with E-state index < -0.39 is 0 Å². The molecule has 0 aliphatic heterocycles. The zero-order valence-electron chi connectivity index (χ0n) is 10.3. The molecule has 0 atom stereocenters. The molecule has 4 heteroatoms. The van der Waals surface area contributed by atoms with Crippen LogP contribution in [0.1, 0.15) is 39.4 Å². The molecule has 3 nitrogen and oxygen atoms in total. The van der Waals surface area contributed by atoms with Crippen LogP contribution in [0.2, 0.25) is 5.15 Å². The molecule has 1 heterocycles. The predicted molar refractivity (Wildman–Crippen MR) is 69.2 cm³/mol. The molecule has 0 saturated heterocycles. The van der Waals surface area contributed by atoms with Crippen LogP contribution in [-0.4, -0.2) is 23.1 Å². The van der Waals surface area contributed by atoms with Gasteiger partial charge in [0, 0.05) is 25.6 Å². The van der Waals surface area contributed by atoms with Gasteiger partial charge in [-0.25, -0.2) is 9.97 Å². The van der Waals surface area contributed by atoms with E-state index in [4.69, 9.17) is 11.6 Å². The molecule has 16 heavy (non-hydrogen) atoms. The highest BCUT2D eigenvalue weighted by molar-refractivity contribution is 6.29. The van der Waals surface area contributed by atoms with Crippen LogP contribution in [0, 0.1) is 0 Å². The first-order chi connectivity index (χ1) is 7.71. The Labute approximate surface area is 103 Å². The van der Waals surface area contributed by atoms with E-state index in [-0.39, 0.29) is 0 Å². The van der Waals surface area contributed by atoms with Gasteiger partial charge in [-0.05, 0) is 19.8 Å². The monoisotopic (exact) mass is 241 g/mol. The van der Waals surface area contributed by atoms with Gasteiger partial charge in [0.1, 0.15) is 16.8 Å². The Balaban J connectivity index is 2.92. The lowest BCUT2D eigenvalue weighted by Gasteiger charge is -2.21. The normalized spacial score (nSPS) is 10.5. The van der Waals surface area contributed by atoms with Gasteiger partial charge in [-0.1, -0.05) is 25.4 Å². The molecule has 0 N–H and O–H groups in total. The maximum absolute atomic E-state index is 6.01. The second kappa shape index (κ2) is 6.69. The van der Waals surface area contributed by atoms with Crippen LogP contribution < -0.4 is 4.90 Å². The van der Waals surface area contributed by atoms with E-state index in [0.717, 1.165) is 44.0 Å². The molecule has 0 unspecified atom stereocenters. The van der Waals surface area contributed by atoms with E-state index >= 15 is 0 Å². The lowest BCUT2D eigenvalue weighted by atomic mass is 10.3. The van der Waals surface area contributed by atoms with Crippen molar-refractivity contribution >= 4 is 17.4 Å². The molecule has 1 rings (SSSR count). The highest BCUT2D eigenvalue weighted by Gasteiger charge is 2.08. The maximum atomic E-state index is 6.01. The highest BCUT2D eigenvalue weighted by Crippen LogP contribution is 2.17. The average Bonchev–Trinajstić information content (AvgIpc) is 2.25. The average molecular weight is 242 g/mol. The predicted octanol–water partition coefficient (Wildman–Crippen LogP) is 3.32. The van der Waals surface area contributed by atoms with Gasteiger partial charge in [0.2, 0.25) is 0 Å². The number of aryl methyl sites for hydroxylation is 1. The molecule has 0 aliphatic carbocycles. The first-order valence-electron chi connectivity index (χ1n) is 5.99.